The monoisotopic (exact) mass is 524 g/mol. The van der Waals surface area contributed by atoms with E-state index in [-0.39, 0.29) is 23.2 Å². The molecule has 0 spiro atoms. The Labute approximate surface area is 207 Å². The summed E-state index contributed by atoms with van der Waals surface area (Å²) in [4.78, 5) is 26.7. The molecule has 2 heterocycles. The average molecular weight is 525 g/mol. The third-order valence-electron chi connectivity index (χ3n) is 5.37. The van der Waals surface area contributed by atoms with Gasteiger partial charge < -0.3 is 4.90 Å². The number of amides is 1. The molecule has 0 radical (unpaired) electrons. The van der Waals surface area contributed by atoms with E-state index in [2.05, 4.69) is 28.7 Å². The number of halogens is 1. The standard InChI is InChI=1S/C22H24N4O3S3.ClH/c1-4-25(5-2)10-11-26(21(27)15-6-8-17-19(12-15)30-14-23-17)22-24-18-9-7-16(32(3,28)29)13-20(18)31-22;/h6-9,12-14H,4-5,10-11H2,1-3H3;1H. The molecule has 0 atom stereocenters. The molecule has 0 aliphatic rings. The zero-order chi connectivity index (χ0) is 22.9. The van der Waals surface area contributed by atoms with Gasteiger partial charge in [0.15, 0.2) is 15.0 Å². The van der Waals surface area contributed by atoms with Crippen molar-refractivity contribution in [2.45, 2.75) is 18.7 Å². The number of hydrogen-bond donors (Lipinski definition) is 0. The minimum atomic E-state index is -3.32. The summed E-state index contributed by atoms with van der Waals surface area (Å²) in [5, 5.41) is 0.562. The number of nitrogens with zero attached hydrogens (tertiary/aromatic N) is 4. The number of carbonyl (C=O) groups excluding carboxylic acids is 1. The van der Waals surface area contributed by atoms with Crippen LogP contribution in [-0.2, 0) is 9.84 Å². The van der Waals surface area contributed by atoms with E-state index in [1.54, 1.807) is 34.7 Å². The fraction of sp³-hybridized carbons (Fsp3) is 0.318. The summed E-state index contributed by atoms with van der Waals surface area (Å²) < 4.78 is 25.6. The van der Waals surface area contributed by atoms with Gasteiger partial charge in [-0.05, 0) is 49.5 Å². The second kappa shape index (κ2) is 10.4. The van der Waals surface area contributed by atoms with Crippen molar-refractivity contribution in [3.63, 3.8) is 0 Å². The minimum absolute atomic E-state index is 0. The van der Waals surface area contributed by atoms with Gasteiger partial charge in [-0.1, -0.05) is 25.2 Å². The maximum atomic E-state index is 13.6. The first kappa shape index (κ1) is 25.5. The molecule has 0 saturated carbocycles. The van der Waals surface area contributed by atoms with Gasteiger partial charge in [0, 0.05) is 24.9 Å². The first-order valence-corrected chi connectivity index (χ1v) is 13.9. The van der Waals surface area contributed by atoms with Crippen LogP contribution in [0, 0.1) is 0 Å². The summed E-state index contributed by atoms with van der Waals surface area (Å²) in [6, 6.07) is 10.4. The van der Waals surface area contributed by atoms with Crippen LogP contribution in [0.5, 0.6) is 0 Å². The van der Waals surface area contributed by atoms with Crippen molar-refractivity contribution >= 4 is 76.4 Å². The van der Waals surface area contributed by atoms with Crippen LogP contribution in [-0.4, -0.2) is 61.6 Å². The number of benzene rings is 2. The van der Waals surface area contributed by atoms with Crippen molar-refractivity contribution in [3.8, 4) is 0 Å². The van der Waals surface area contributed by atoms with Gasteiger partial charge in [-0.3, -0.25) is 9.69 Å². The topological polar surface area (TPSA) is 83.5 Å². The van der Waals surface area contributed by atoms with E-state index in [1.807, 2.05) is 12.1 Å². The molecule has 0 aliphatic heterocycles. The quantitative estimate of drug-likeness (QED) is 0.331. The maximum absolute atomic E-state index is 13.6. The molecule has 1 amide bonds. The Morgan fingerprint density at radius 3 is 2.42 bits per heavy atom. The van der Waals surface area contributed by atoms with Gasteiger partial charge >= 0.3 is 0 Å². The number of aromatic nitrogens is 2. The third-order valence-corrected chi connectivity index (χ3v) is 8.31. The highest BCUT2D eigenvalue weighted by molar-refractivity contribution is 7.90. The molecule has 33 heavy (non-hydrogen) atoms. The van der Waals surface area contributed by atoms with E-state index in [4.69, 9.17) is 0 Å². The van der Waals surface area contributed by atoms with E-state index in [0.717, 1.165) is 28.0 Å². The molecule has 4 aromatic rings. The predicted octanol–water partition coefficient (Wildman–Crippen LogP) is 4.72. The molecule has 11 heteroatoms. The lowest BCUT2D eigenvalue weighted by atomic mass is 10.2. The first-order chi connectivity index (χ1) is 15.3. The molecule has 0 unspecified atom stereocenters. The van der Waals surface area contributed by atoms with Crippen molar-refractivity contribution in [2.75, 3.05) is 37.3 Å². The molecule has 0 N–H and O–H groups in total. The maximum Gasteiger partial charge on any atom is 0.260 e. The molecule has 2 aromatic heterocycles. The average Bonchev–Trinajstić information content (AvgIpc) is 3.41. The van der Waals surface area contributed by atoms with Gasteiger partial charge in [-0.25, -0.2) is 18.4 Å². The van der Waals surface area contributed by atoms with Gasteiger partial charge in [-0.15, -0.1) is 23.7 Å². The highest BCUT2D eigenvalue weighted by Gasteiger charge is 2.23. The van der Waals surface area contributed by atoms with Crippen LogP contribution in [0.25, 0.3) is 20.4 Å². The largest absolute Gasteiger partial charge is 0.302 e. The Hall–Kier alpha value is -2.11. The number of sulfone groups is 1. The highest BCUT2D eigenvalue weighted by atomic mass is 35.5. The second-order valence-electron chi connectivity index (χ2n) is 7.42. The second-order valence-corrected chi connectivity index (χ2v) is 11.3. The summed E-state index contributed by atoms with van der Waals surface area (Å²) in [6.07, 6.45) is 1.19. The van der Waals surface area contributed by atoms with Crippen LogP contribution in [0.2, 0.25) is 0 Å². The van der Waals surface area contributed by atoms with Crippen molar-refractivity contribution in [1.29, 1.82) is 0 Å². The zero-order valence-electron chi connectivity index (χ0n) is 18.5. The molecule has 0 saturated heterocycles. The Kier molecular flexibility index (Phi) is 8.07. The number of thiazole rings is 2. The highest BCUT2D eigenvalue weighted by Crippen LogP contribution is 2.32. The van der Waals surface area contributed by atoms with E-state index in [1.165, 1.54) is 28.9 Å². The number of anilines is 1. The molecule has 0 aliphatic carbocycles. The van der Waals surface area contributed by atoms with E-state index in [9.17, 15) is 13.2 Å². The molecule has 2 aromatic carbocycles. The number of likely N-dealkylation sites (N-methyl/N-ethyl adjacent to an activating group) is 1. The minimum Gasteiger partial charge on any atom is -0.302 e. The molecule has 4 rings (SSSR count). The molecular formula is C22H25ClN4O3S3. The summed E-state index contributed by atoms with van der Waals surface area (Å²) in [6.45, 7) is 7.17. The molecule has 0 fully saturated rings. The number of fused-ring (bicyclic) bond motifs is 2. The number of carbonyl (C=O) groups is 1. The molecule has 176 valence electrons. The normalized spacial score (nSPS) is 11.8. The van der Waals surface area contributed by atoms with E-state index >= 15 is 0 Å². The van der Waals surface area contributed by atoms with Gasteiger partial charge in [0.05, 0.1) is 30.8 Å². The van der Waals surface area contributed by atoms with Crippen LogP contribution >= 0.6 is 35.1 Å². The van der Waals surface area contributed by atoms with Crippen LogP contribution in [0.3, 0.4) is 0 Å². The van der Waals surface area contributed by atoms with Crippen molar-refractivity contribution < 1.29 is 13.2 Å². The van der Waals surface area contributed by atoms with Gasteiger partial charge in [0.25, 0.3) is 5.91 Å². The summed E-state index contributed by atoms with van der Waals surface area (Å²) in [5.74, 6) is -0.130. The summed E-state index contributed by atoms with van der Waals surface area (Å²) in [7, 11) is -3.32. The third kappa shape index (κ3) is 5.52. The van der Waals surface area contributed by atoms with Gasteiger partial charge in [-0.2, -0.15) is 0 Å². The van der Waals surface area contributed by atoms with Crippen molar-refractivity contribution in [2.24, 2.45) is 0 Å². The fourth-order valence-electron chi connectivity index (χ4n) is 3.45. The Morgan fingerprint density at radius 1 is 1.00 bits per heavy atom. The molecular weight excluding hydrogens is 500 g/mol. The van der Waals surface area contributed by atoms with Crippen LogP contribution in [0.15, 0.2) is 46.8 Å². The van der Waals surface area contributed by atoms with E-state index < -0.39 is 9.84 Å². The van der Waals surface area contributed by atoms with Crippen LogP contribution in [0.1, 0.15) is 24.2 Å². The number of rotatable bonds is 8. The van der Waals surface area contributed by atoms with Crippen molar-refractivity contribution in [1.82, 2.24) is 14.9 Å². The molecule has 0 bridgehead atoms. The van der Waals surface area contributed by atoms with Crippen LogP contribution < -0.4 is 4.90 Å². The lowest BCUT2D eigenvalue weighted by Crippen LogP contribution is -2.38. The van der Waals surface area contributed by atoms with Gasteiger partial charge in [0.2, 0.25) is 0 Å². The van der Waals surface area contributed by atoms with E-state index in [0.29, 0.717) is 29.3 Å². The summed E-state index contributed by atoms with van der Waals surface area (Å²) in [5.41, 5.74) is 3.90. The Balaban J connectivity index is 0.00000306. The van der Waals surface area contributed by atoms with Gasteiger partial charge in [0.1, 0.15) is 0 Å². The first-order valence-electron chi connectivity index (χ1n) is 10.3. The zero-order valence-corrected chi connectivity index (χ0v) is 21.8. The number of hydrogen-bond acceptors (Lipinski definition) is 8. The lowest BCUT2D eigenvalue weighted by Gasteiger charge is -2.24. The lowest BCUT2D eigenvalue weighted by molar-refractivity contribution is 0.0984. The smallest absolute Gasteiger partial charge is 0.260 e. The Bertz CT molecular complexity index is 1380. The Morgan fingerprint density at radius 2 is 1.73 bits per heavy atom. The van der Waals surface area contributed by atoms with Crippen LogP contribution in [0.4, 0.5) is 5.13 Å². The SMILES string of the molecule is CCN(CC)CCN(C(=O)c1ccc2ncsc2c1)c1nc2ccc(S(C)(=O)=O)cc2s1.Cl. The molecule has 7 nitrogen and oxygen atoms in total. The predicted molar refractivity (Wildman–Crippen MR) is 139 cm³/mol. The fourth-order valence-corrected chi connectivity index (χ4v) is 5.92. The van der Waals surface area contributed by atoms with Crippen molar-refractivity contribution in [3.05, 3.63) is 47.5 Å². The summed E-state index contributed by atoms with van der Waals surface area (Å²) >= 11 is 2.83.